The highest BCUT2D eigenvalue weighted by molar-refractivity contribution is 5.63. The fourth-order valence-corrected chi connectivity index (χ4v) is 2.09. The van der Waals surface area contributed by atoms with E-state index >= 15 is 0 Å². The number of phenols is 1. The number of nitrogens with one attached hydrogen (secondary N) is 1. The Bertz CT molecular complexity index is 626. The molecule has 0 atom stereocenters. The van der Waals surface area contributed by atoms with Gasteiger partial charge in [0.15, 0.2) is 0 Å². The minimum atomic E-state index is -0.506. The van der Waals surface area contributed by atoms with Crippen molar-refractivity contribution in [3.8, 4) is 5.75 Å². The van der Waals surface area contributed by atoms with Gasteiger partial charge in [0.2, 0.25) is 0 Å². The van der Waals surface area contributed by atoms with Gasteiger partial charge in [-0.3, -0.25) is 10.1 Å². The van der Waals surface area contributed by atoms with Crippen LogP contribution >= 0.6 is 0 Å². The van der Waals surface area contributed by atoms with Gasteiger partial charge in [-0.15, -0.1) is 0 Å². The van der Waals surface area contributed by atoms with Crippen molar-refractivity contribution in [1.82, 2.24) is 0 Å². The van der Waals surface area contributed by atoms with Crippen LogP contribution in [0.5, 0.6) is 5.75 Å². The molecule has 5 heteroatoms. The van der Waals surface area contributed by atoms with Crippen LogP contribution in [0.2, 0.25) is 0 Å². The van der Waals surface area contributed by atoms with E-state index in [1.807, 2.05) is 24.3 Å². The summed E-state index contributed by atoms with van der Waals surface area (Å²) in [5.41, 5.74) is 2.59. The summed E-state index contributed by atoms with van der Waals surface area (Å²) in [6, 6.07) is 12.1. The first-order valence-electron chi connectivity index (χ1n) is 6.40. The first-order valence-corrected chi connectivity index (χ1v) is 6.40. The summed E-state index contributed by atoms with van der Waals surface area (Å²) < 4.78 is 0. The first-order chi connectivity index (χ1) is 9.61. The SMILES string of the molecule is CCc1ccccc1CNc1ccc(O)cc1[N+](=O)[O-]. The minimum Gasteiger partial charge on any atom is -0.508 e. The number of rotatable bonds is 5. The van der Waals surface area contributed by atoms with Gasteiger partial charge in [-0.2, -0.15) is 0 Å². The summed E-state index contributed by atoms with van der Waals surface area (Å²) in [7, 11) is 0. The molecule has 2 aromatic carbocycles. The van der Waals surface area contributed by atoms with Gasteiger partial charge in [0.1, 0.15) is 11.4 Å². The van der Waals surface area contributed by atoms with E-state index in [9.17, 15) is 15.2 Å². The number of anilines is 1. The number of hydrogen-bond acceptors (Lipinski definition) is 4. The Labute approximate surface area is 117 Å². The lowest BCUT2D eigenvalue weighted by molar-refractivity contribution is -0.384. The van der Waals surface area contributed by atoms with Crippen LogP contribution in [0.25, 0.3) is 0 Å². The van der Waals surface area contributed by atoms with Crippen LogP contribution in [-0.2, 0) is 13.0 Å². The first kappa shape index (κ1) is 13.9. The third-order valence-electron chi connectivity index (χ3n) is 3.15. The lowest BCUT2D eigenvalue weighted by Crippen LogP contribution is -2.04. The molecular formula is C15H16N2O3. The summed E-state index contributed by atoms with van der Waals surface area (Å²) in [6.45, 7) is 2.58. The van der Waals surface area contributed by atoms with E-state index in [0.29, 0.717) is 12.2 Å². The zero-order valence-electron chi connectivity index (χ0n) is 11.2. The van der Waals surface area contributed by atoms with E-state index in [1.165, 1.54) is 17.7 Å². The molecule has 0 aliphatic rings. The second kappa shape index (κ2) is 6.06. The van der Waals surface area contributed by atoms with Crippen LogP contribution in [0.4, 0.5) is 11.4 Å². The molecule has 0 fully saturated rings. The Morgan fingerprint density at radius 3 is 2.55 bits per heavy atom. The molecule has 0 saturated heterocycles. The number of aromatic hydroxyl groups is 1. The van der Waals surface area contributed by atoms with Crippen molar-refractivity contribution < 1.29 is 10.0 Å². The number of benzene rings is 2. The summed E-state index contributed by atoms with van der Waals surface area (Å²) in [5, 5.41) is 23.3. The number of nitrogens with zero attached hydrogens (tertiary/aromatic N) is 1. The maximum absolute atomic E-state index is 11.0. The molecule has 0 amide bonds. The fourth-order valence-electron chi connectivity index (χ4n) is 2.09. The average molecular weight is 272 g/mol. The average Bonchev–Trinajstić information content (AvgIpc) is 2.46. The zero-order valence-corrected chi connectivity index (χ0v) is 11.2. The van der Waals surface area contributed by atoms with Gasteiger partial charge in [0.25, 0.3) is 5.69 Å². The lowest BCUT2D eigenvalue weighted by Gasteiger charge is -2.10. The molecule has 104 valence electrons. The van der Waals surface area contributed by atoms with E-state index < -0.39 is 4.92 Å². The highest BCUT2D eigenvalue weighted by Crippen LogP contribution is 2.28. The Hall–Kier alpha value is -2.56. The molecule has 0 bridgehead atoms. The van der Waals surface area contributed by atoms with Crippen molar-refractivity contribution in [2.24, 2.45) is 0 Å². The minimum absolute atomic E-state index is 0.115. The fraction of sp³-hybridized carbons (Fsp3) is 0.200. The molecule has 2 rings (SSSR count). The summed E-state index contributed by atoms with van der Waals surface area (Å²) in [5.74, 6) is -0.115. The van der Waals surface area contributed by atoms with Crippen molar-refractivity contribution in [3.63, 3.8) is 0 Å². The predicted octanol–water partition coefficient (Wildman–Crippen LogP) is 3.47. The number of aryl methyl sites for hydroxylation is 1. The van der Waals surface area contributed by atoms with Gasteiger partial charge in [-0.05, 0) is 29.7 Å². The maximum atomic E-state index is 11.0. The number of hydrogen-bond donors (Lipinski definition) is 2. The lowest BCUT2D eigenvalue weighted by atomic mass is 10.1. The second-order valence-electron chi connectivity index (χ2n) is 4.43. The molecule has 2 N–H and O–H groups in total. The van der Waals surface area contributed by atoms with E-state index in [2.05, 4.69) is 12.2 Å². The molecule has 0 spiro atoms. The Morgan fingerprint density at radius 2 is 1.90 bits per heavy atom. The summed E-state index contributed by atoms with van der Waals surface area (Å²) in [6.07, 6.45) is 0.912. The standard InChI is InChI=1S/C15H16N2O3/c1-2-11-5-3-4-6-12(11)10-16-14-8-7-13(18)9-15(14)17(19)20/h3-9,16,18H,2,10H2,1H3. The predicted molar refractivity (Wildman–Crippen MR) is 77.9 cm³/mol. The molecule has 5 nitrogen and oxygen atoms in total. The van der Waals surface area contributed by atoms with Crippen LogP contribution in [0.15, 0.2) is 42.5 Å². The highest BCUT2D eigenvalue weighted by Gasteiger charge is 2.14. The van der Waals surface area contributed by atoms with Crippen LogP contribution in [-0.4, -0.2) is 10.0 Å². The van der Waals surface area contributed by atoms with Crippen LogP contribution < -0.4 is 5.32 Å². The van der Waals surface area contributed by atoms with Crippen molar-refractivity contribution in [3.05, 3.63) is 63.7 Å². The Kier molecular flexibility index (Phi) is 4.20. The zero-order chi connectivity index (χ0) is 14.5. The van der Waals surface area contributed by atoms with Crippen molar-refractivity contribution in [2.75, 3.05) is 5.32 Å². The van der Waals surface area contributed by atoms with E-state index in [-0.39, 0.29) is 11.4 Å². The second-order valence-corrected chi connectivity index (χ2v) is 4.43. The topological polar surface area (TPSA) is 75.4 Å². The highest BCUT2D eigenvalue weighted by atomic mass is 16.6. The number of nitro benzene ring substituents is 1. The van der Waals surface area contributed by atoms with Crippen LogP contribution in [0.3, 0.4) is 0 Å². The van der Waals surface area contributed by atoms with Gasteiger partial charge >= 0.3 is 0 Å². The largest absolute Gasteiger partial charge is 0.508 e. The third kappa shape index (κ3) is 3.06. The van der Waals surface area contributed by atoms with Gasteiger partial charge < -0.3 is 10.4 Å². The maximum Gasteiger partial charge on any atom is 0.296 e. The molecule has 0 heterocycles. The Morgan fingerprint density at radius 1 is 1.20 bits per heavy atom. The van der Waals surface area contributed by atoms with Crippen molar-refractivity contribution in [1.29, 1.82) is 0 Å². The third-order valence-corrected chi connectivity index (χ3v) is 3.15. The van der Waals surface area contributed by atoms with Gasteiger partial charge in [0, 0.05) is 6.54 Å². The van der Waals surface area contributed by atoms with Gasteiger partial charge in [0.05, 0.1) is 11.0 Å². The normalized spacial score (nSPS) is 10.2. The van der Waals surface area contributed by atoms with E-state index in [4.69, 9.17) is 0 Å². The smallest absolute Gasteiger partial charge is 0.296 e. The molecule has 0 aromatic heterocycles. The number of phenolic OH excluding ortho intramolecular Hbond substituents is 1. The van der Waals surface area contributed by atoms with Crippen LogP contribution in [0.1, 0.15) is 18.1 Å². The quantitative estimate of drug-likeness (QED) is 0.496. The van der Waals surface area contributed by atoms with Gasteiger partial charge in [-0.1, -0.05) is 31.2 Å². The molecule has 0 unspecified atom stereocenters. The molecule has 0 radical (unpaired) electrons. The van der Waals surface area contributed by atoms with Crippen LogP contribution in [0, 0.1) is 10.1 Å². The summed E-state index contributed by atoms with van der Waals surface area (Å²) >= 11 is 0. The van der Waals surface area contributed by atoms with E-state index in [0.717, 1.165) is 18.1 Å². The monoisotopic (exact) mass is 272 g/mol. The van der Waals surface area contributed by atoms with Gasteiger partial charge in [-0.25, -0.2) is 0 Å². The molecular weight excluding hydrogens is 256 g/mol. The Balaban J connectivity index is 2.21. The van der Waals surface area contributed by atoms with Crippen molar-refractivity contribution in [2.45, 2.75) is 19.9 Å². The molecule has 2 aromatic rings. The molecule has 0 aliphatic carbocycles. The number of nitro groups is 1. The molecule has 20 heavy (non-hydrogen) atoms. The van der Waals surface area contributed by atoms with Crippen molar-refractivity contribution >= 4 is 11.4 Å². The summed E-state index contributed by atoms with van der Waals surface area (Å²) in [4.78, 5) is 10.5. The molecule has 0 aliphatic heterocycles. The molecule has 0 saturated carbocycles. The van der Waals surface area contributed by atoms with E-state index in [1.54, 1.807) is 0 Å².